The molecule has 0 N–H and O–H groups in total. The zero-order chi connectivity index (χ0) is 44.7. The van der Waals surface area contributed by atoms with Crippen molar-refractivity contribution in [3.05, 3.63) is 169 Å². The number of benzene rings is 12. The molecule has 0 bridgehead atoms. The zero-order valence-electron chi connectivity index (χ0n) is 38.3. The first-order valence-corrected chi connectivity index (χ1v) is 24.0. The van der Waals surface area contributed by atoms with Crippen LogP contribution in [0.25, 0.3) is 163 Å². The van der Waals surface area contributed by atoms with Crippen molar-refractivity contribution in [2.45, 2.75) is 52.4 Å². The lowest BCUT2D eigenvalue weighted by atomic mass is 9.82. The molecule has 0 aliphatic heterocycles. The molecule has 16 rings (SSSR count). The molecular weight excluding hydrogens is 812 g/mol. The lowest BCUT2D eigenvalue weighted by Gasteiger charge is -2.22. The largest absolute Gasteiger partial charge is 0.206 e. The molecular formula is C66H43F. The van der Waals surface area contributed by atoms with E-state index in [9.17, 15) is 0 Å². The molecule has 1 heteroatoms. The van der Waals surface area contributed by atoms with Gasteiger partial charge in [-0.05, 0) is 198 Å². The van der Waals surface area contributed by atoms with E-state index in [2.05, 4.69) is 169 Å². The minimum atomic E-state index is -0.197. The summed E-state index contributed by atoms with van der Waals surface area (Å²) in [5.74, 6) is -0.197. The summed E-state index contributed by atoms with van der Waals surface area (Å²) in [7, 11) is 0. The lowest BCUT2D eigenvalue weighted by molar-refractivity contribution is 0.590. The number of fused-ring (bicyclic) bond motifs is 16. The predicted octanol–water partition coefficient (Wildman–Crippen LogP) is 19.3. The summed E-state index contributed by atoms with van der Waals surface area (Å²) in [6.07, 6.45) is 0. The number of halogens is 1. The Kier molecular flexibility index (Phi) is 6.37. The molecule has 0 heterocycles. The third-order valence-electron chi connectivity index (χ3n) is 16.5. The Labute approximate surface area is 386 Å². The van der Waals surface area contributed by atoms with Crippen molar-refractivity contribution < 1.29 is 4.39 Å². The van der Waals surface area contributed by atoms with Crippen molar-refractivity contribution in [2.75, 3.05) is 0 Å². The molecule has 0 fully saturated rings. The van der Waals surface area contributed by atoms with Crippen molar-refractivity contribution >= 4 is 129 Å². The first kappa shape index (κ1) is 36.6. The van der Waals surface area contributed by atoms with E-state index in [1.165, 1.54) is 152 Å². The summed E-state index contributed by atoms with van der Waals surface area (Å²) >= 11 is 0. The average Bonchev–Trinajstić information content (AvgIpc) is 4.05. The molecule has 0 atom stereocenters. The monoisotopic (exact) mass is 854 g/mol. The van der Waals surface area contributed by atoms with E-state index in [4.69, 9.17) is 0 Å². The first-order valence-electron chi connectivity index (χ1n) is 24.0. The molecule has 314 valence electrons. The van der Waals surface area contributed by atoms with E-state index in [0.29, 0.717) is 5.56 Å². The maximum atomic E-state index is 17.0. The van der Waals surface area contributed by atoms with Gasteiger partial charge in [-0.1, -0.05) is 169 Å². The minimum absolute atomic E-state index is 0.0486. The molecule has 1 aliphatic rings. The van der Waals surface area contributed by atoms with Gasteiger partial charge in [0.05, 0.1) is 0 Å². The van der Waals surface area contributed by atoms with Crippen molar-refractivity contribution in [3.63, 3.8) is 0 Å². The van der Waals surface area contributed by atoms with E-state index in [1.54, 1.807) is 6.07 Å². The van der Waals surface area contributed by atoms with Crippen LogP contribution in [0.1, 0.15) is 52.7 Å². The van der Waals surface area contributed by atoms with Gasteiger partial charge in [-0.25, -0.2) is 4.39 Å². The summed E-state index contributed by atoms with van der Waals surface area (Å²) in [5, 5.41) is 30.4. The van der Waals surface area contributed by atoms with E-state index in [-0.39, 0.29) is 16.6 Å². The van der Waals surface area contributed by atoms with Crippen molar-refractivity contribution in [2.24, 2.45) is 0 Å². The van der Waals surface area contributed by atoms with E-state index >= 15 is 4.39 Å². The van der Waals surface area contributed by atoms with E-state index in [1.807, 2.05) is 18.2 Å². The highest BCUT2D eigenvalue weighted by atomic mass is 19.1. The van der Waals surface area contributed by atoms with Crippen LogP contribution in [0.3, 0.4) is 0 Å². The fourth-order valence-electron chi connectivity index (χ4n) is 13.6. The second-order valence-electron chi connectivity index (χ2n) is 22.0. The summed E-state index contributed by atoms with van der Waals surface area (Å²) in [6.45, 7) is 14.0. The number of rotatable bonds is 1. The van der Waals surface area contributed by atoms with Gasteiger partial charge in [-0.2, -0.15) is 0 Å². The van der Waals surface area contributed by atoms with Gasteiger partial charge in [-0.3, -0.25) is 0 Å². The molecule has 67 heavy (non-hydrogen) atoms. The van der Waals surface area contributed by atoms with Gasteiger partial charge in [0.1, 0.15) is 5.82 Å². The van der Waals surface area contributed by atoms with Crippen LogP contribution >= 0.6 is 0 Å². The van der Waals surface area contributed by atoms with Gasteiger partial charge in [0, 0.05) is 11.1 Å². The topological polar surface area (TPSA) is 0 Å². The van der Waals surface area contributed by atoms with Crippen LogP contribution in [0, 0.1) is 5.82 Å². The molecule has 0 nitrogen and oxygen atoms in total. The Morgan fingerprint density at radius 2 is 0.672 bits per heavy atom. The van der Waals surface area contributed by atoms with Crippen LogP contribution in [0.4, 0.5) is 4.39 Å². The average molecular weight is 855 g/mol. The summed E-state index contributed by atoms with van der Waals surface area (Å²) in [4.78, 5) is 0. The lowest BCUT2D eigenvalue weighted by Crippen LogP contribution is -2.12. The second kappa shape index (κ2) is 11.7. The molecule has 0 saturated heterocycles. The quantitative estimate of drug-likeness (QED) is 0.114. The molecule has 0 aromatic heterocycles. The Hall–Kier alpha value is -7.61. The zero-order valence-corrected chi connectivity index (χ0v) is 38.3. The van der Waals surface area contributed by atoms with E-state index in [0.717, 1.165) is 16.3 Å². The fourth-order valence-corrected chi connectivity index (χ4v) is 13.6. The summed E-state index contributed by atoms with van der Waals surface area (Å²) in [5.41, 5.74) is 9.48. The molecule has 0 radical (unpaired) electrons. The van der Waals surface area contributed by atoms with Crippen LogP contribution in [-0.2, 0) is 10.8 Å². The first-order chi connectivity index (χ1) is 32.5. The molecule has 1 aliphatic carbocycles. The Morgan fingerprint density at radius 1 is 0.269 bits per heavy atom. The third-order valence-corrected chi connectivity index (χ3v) is 16.5. The Bertz CT molecular complexity index is 4660. The standard InChI is InChI=1S/C66H43F/c1-65(2,3)33-27-32-28-34(66(4,5)6)30-50-53(32)48(29-33)49-31-51-57(45-17-11-12-18-52(45)67)62-46-25-23-43-41-21-19-39-35-13-7-8-14-36(35)40-20-22-42(55(41)54(39)40)44-24-26-47(58(46)56(43)44)63(62)61-38-16-10-9-15-37(38)60(59(49)50)64(51)61/h7-31H,1-6H3. The molecule has 0 unspecified atom stereocenters. The van der Waals surface area contributed by atoms with Gasteiger partial charge in [0.25, 0.3) is 0 Å². The maximum absolute atomic E-state index is 17.0. The van der Waals surface area contributed by atoms with E-state index < -0.39 is 0 Å². The normalized spacial score (nSPS) is 13.6. The van der Waals surface area contributed by atoms with Crippen molar-refractivity contribution in [1.29, 1.82) is 0 Å². The number of hydrogen-bond acceptors (Lipinski definition) is 0. The second-order valence-corrected chi connectivity index (χ2v) is 22.0. The van der Waals surface area contributed by atoms with Gasteiger partial charge in [0.2, 0.25) is 0 Å². The molecule has 15 aromatic carbocycles. The van der Waals surface area contributed by atoms with Crippen LogP contribution in [-0.4, -0.2) is 0 Å². The smallest absolute Gasteiger partial charge is 0.131 e. The SMILES string of the molecule is CC(C)(C)c1cc2cc(C(C)(C)C)cc3c2c(c1)c1cc2c(-c4ccccc4F)c4c5ccc6c7ccc8c9c(ccc(c%10ccc(c5c6%10)c4c4c5ccccc5c(c13)c24)c97)-c1ccccc1-8. The molecule has 15 aromatic rings. The maximum Gasteiger partial charge on any atom is 0.131 e. The molecule has 0 spiro atoms. The van der Waals surface area contributed by atoms with Gasteiger partial charge in [0.15, 0.2) is 0 Å². The highest BCUT2D eigenvalue weighted by molar-refractivity contribution is 6.54. The predicted molar refractivity (Wildman–Crippen MR) is 288 cm³/mol. The van der Waals surface area contributed by atoms with Crippen LogP contribution in [0.5, 0.6) is 0 Å². The van der Waals surface area contributed by atoms with Crippen molar-refractivity contribution in [1.82, 2.24) is 0 Å². The van der Waals surface area contributed by atoms with Crippen LogP contribution in [0.2, 0.25) is 0 Å². The van der Waals surface area contributed by atoms with Gasteiger partial charge >= 0.3 is 0 Å². The van der Waals surface area contributed by atoms with Crippen molar-refractivity contribution in [3.8, 4) is 33.4 Å². The molecule has 0 saturated carbocycles. The van der Waals surface area contributed by atoms with Crippen LogP contribution < -0.4 is 0 Å². The third kappa shape index (κ3) is 4.23. The van der Waals surface area contributed by atoms with Crippen LogP contribution in [0.15, 0.2) is 152 Å². The molecule has 0 amide bonds. The number of hydrogen-bond donors (Lipinski definition) is 0. The minimum Gasteiger partial charge on any atom is -0.206 e. The Morgan fingerprint density at radius 3 is 1.27 bits per heavy atom. The van der Waals surface area contributed by atoms with Gasteiger partial charge in [-0.15, -0.1) is 0 Å². The summed E-state index contributed by atoms with van der Waals surface area (Å²) < 4.78 is 17.0. The highest BCUT2D eigenvalue weighted by Gasteiger charge is 2.32. The fraction of sp³-hybridized carbons (Fsp3) is 0.121. The van der Waals surface area contributed by atoms with Gasteiger partial charge < -0.3 is 0 Å². The summed E-state index contributed by atoms with van der Waals surface area (Å²) in [6, 6.07) is 56.8. The Balaban J connectivity index is 1.17. The highest BCUT2D eigenvalue weighted by Crippen LogP contribution is 2.59.